The molecule has 0 radical (unpaired) electrons. The lowest BCUT2D eigenvalue weighted by atomic mass is 10.1. The minimum atomic E-state index is -0.247. The number of amides is 3. The fourth-order valence-electron chi connectivity index (χ4n) is 2.45. The second-order valence-electron chi connectivity index (χ2n) is 6.02. The van der Waals surface area contributed by atoms with Gasteiger partial charge >= 0.3 is 6.03 Å². The summed E-state index contributed by atoms with van der Waals surface area (Å²) in [6.45, 7) is 2.61. The molecule has 0 unspecified atom stereocenters. The van der Waals surface area contributed by atoms with Gasteiger partial charge < -0.3 is 20.3 Å². The average molecular weight is 355 g/mol. The standard InChI is InChI=1S/C20H25N3O3/c1-4-15-8-10-16(11-9-15)13-23(2)20(25)22-18-7-5-6-17(12-18)21-19(24)14-26-3/h5-12H,4,13-14H2,1-3H3,(H,21,24)(H,22,25). The van der Waals surface area contributed by atoms with Crippen LogP contribution in [0.2, 0.25) is 0 Å². The van der Waals surface area contributed by atoms with Crippen molar-refractivity contribution in [3.8, 4) is 0 Å². The van der Waals surface area contributed by atoms with Gasteiger partial charge in [-0.1, -0.05) is 37.3 Å². The van der Waals surface area contributed by atoms with Crippen LogP contribution in [-0.4, -0.2) is 37.6 Å². The molecule has 0 bridgehead atoms. The highest BCUT2D eigenvalue weighted by atomic mass is 16.5. The third-order valence-corrected chi connectivity index (χ3v) is 3.87. The third kappa shape index (κ3) is 5.89. The van der Waals surface area contributed by atoms with Crippen molar-refractivity contribution in [1.29, 1.82) is 0 Å². The second kappa shape index (κ2) is 9.58. The van der Waals surface area contributed by atoms with Gasteiger partial charge in [0.1, 0.15) is 6.61 Å². The first-order chi connectivity index (χ1) is 12.5. The topological polar surface area (TPSA) is 70.7 Å². The number of aryl methyl sites for hydroxylation is 1. The number of nitrogens with zero attached hydrogens (tertiary/aromatic N) is 1. The zero-order chi connectivity index (χ0) is 18.9. The van der Waals surface area contributed by atoms with E-state index in [1.54, 1.807) is 36.2 Å². The van der Waals surface area contributed by atoms with E-state index in [-0.39, 0.29) is 18.5 Å². The van der Waals surface area contributed by atoms with Gasteiger partial charge in [0, 0.05) is 32.1 Å². The van der Waals surface area contributed by atoms with Crippen LogP contribution in [0.25, 0.3) is 0 Å². The molecule has 138 valence electrons. The van der Waals surface area contributed by atoms with Gasteiger partial charge in [-0.3, -0.25) is 4.79 Å². The molecule has 0 aliphatic rings. The van der Waals surface area contributed by atoms with Crippen molar-refractivity contribution in [2.75, 3.05) is 31.4 Å². The van der Waals surface area contributed by atoms with Crippen LogP contribution in [0.15, 0.2) is 48.5 Å². The van der Waals surface area contributed by atoms with Gasteiger partial charge in [-0.25, -0.2) is 4.79 Å². The first kappa shape index (κ1) is 19.5. The van der Waals surface area contributed by atoms with Crippen LogP contribution in [-0.2, 0) is 22.5 Å². The Morgan fingerprint density at radius 1 is 1.00 bits per heavy atom. The summed E-state index contributed by atoms with van der Waals surface area (Å²) in [6.07, 6.45) is 0.994. The maximum Gasteiger partial charge on any atom is 0.321 e. The SMILES string of the molecule is CCc1ccc(CN(C)C(=O)Nc2cccc(NC(=O)COC)c2)cc1. The number of ether oxygens (including phenoxy) is 1. The van der Waals surface area contributed by atoms with E-state index >= 15 is 0 Å². The normalized spacial score (nSPS) is 10.3. The van der Waals surface area contributed by atoms with Crippen LogP contribution in [0.5, 0.6) is 0 Å². The molecule has 6 heteroatoms. The maximum atomic E-state index is 12.4. The minimum Gasteiger partial charge on any atom is -0.375 e. The van der Waals surface area contributed by atoms with E-state index in [1.165, 1.54) is 12.7 Å². The van der Waals surface area contributed by atoms with E-state index < -0.39 is 0 Å². The molecular weight excluding hydrogens is 330 g/mol. The fourth-order valence-corrected chi connectivity index (χ4v) is 2.45. The number of urea groups is 1. The first-order valence-electron chi connectivity index (χ1n) is 8.50. The number of anilines is 2. The Kier molecular flexibility index (Phi) is 7.17. The molecule has 0 heterocycles. The van der Waals surface area contributed by atoms with Gasteiger partial charge in [-0.05, 0) is 35.7 Å². The number of methoxy groups -OCH3 is 1. The molecule has 2 N–H and O–H groups in total. The van der Waals surface area contributed by atoms with Crippen LogP contribution < -0.4 is 10.6 Å². The zero-order valence-electron chi connectivity index (χ0n) is 15.4. The smallest absolute Gasteiger partial charge is 0.321 e. The predicted octanol–water partition coefficient (Wildman–Crippen LogP) is 3.50. The Hall–Kier alpha value is -2.86. The summed E-state index contributed by atoms with van der Waals surface area (Å²) in [7, 11) is 3.20. The Labute approximate surface area is 154 Å². The molecule has 0 aromatic heterocycles. The van der Waals surface area contributed by atoms with Crippen molar-refractivity contribution < 1.29 is 14.3 Å². The minimum absolute atomic E-state index is 0.0177. The fraction of sp³-hybridized carbons (Fsp3) is 0.300. The summed E-state index contributed by atoms with van der Waals surface area (Å²) in [5.74, 6) is -0.247. The van der Waals surface area contributed by atoms with Gasteiger partial charge in [0.15, 0.2) is 0 Å². The number of benzene rings is 2. The third-order valence-electron chi connectivity index (χ3n) is 3.87. The van der Waals surface area contributed by atoms with E-state index in [2.05, 4.69) is 29.7 Å². The maximum absolute atomic E-state index is 12.4. The molecular formula is C20H25N3O3. The van der Waals surface area contributed by atoms with Gasteiger partial charge in [0.25, 0.3) is 0 Å². The van der Waals surface area contributed by atoms with Crippen LogP contribution in [0.4, 0.5) is 16.2 Å². The van der Waals surface area contributed by atoms with Crippen molar-refractivity contribution in [2.45, 2.75) is 19.9 Å². The molecule has 6 nitrogen and oxygen atoms in total. The van der Waals surface area contributed by atoms with E-state index in [1.807, 2.05) is 12.1 Å². The number of carbonyl (C=O) groups is 2. The lowest BCUT2D eigenvalue weighted by Gasteiger charge is -2.18. The molecule has 0 saturated heterocycles. The van der Waals surface area contributed by atoms with E-state index in [9.17, 15) is 9.59 Å². The van der Waals surface area contributed by atoms with E-state index in [0.717, 1.165) is 12.0 Å². The summed E-state index contributed by atoms with van der Waals surface area (Å²) in [5.41, 5.74) is 3.55. The van der Waals surface area contributed by atoms with Crippen LogP contribution in [0.3, 0.4) is 0 Å². The lowest BCUT2D eigenvalue weighted by Crippen LogP contribution is -2.30. The van der Waals surface area contributed by atoms with Crippen LogP contribution >= 0.6 is 0 Å². The van der Waals surface area contributed by atoms with E-state index in [4.69, 9.17) is 4.74 Å². The Morgan fingerprint density at radius 3 is 2.23 bits per heavy atom. The predicted molar refractivity (Wildman–Crippen MR) is 103 cm³/mol. The molecule has 2 aromatic carbocycles. The van der Waals surface area contributed by atoms with Crippen molar-refractivity contribution in [3.05, 3.63) is 59.7 Å². The highest BCUT2D eigenvalue weighted by Crippen LogP contribution is 2.16. The zero-order valence-corrected chi connectivity index (χ0v) is 15.4. The van der Waals surface area contributed by atoms with E-state index in [0.29, 0.717) is 17.9 Å². The summed E-state index contributed by atoms with van der Waals surface area (Å²) >= 11 is 0. The lowest BCUT2D eigenvalue weighted by molar-refractivity contribution is -0.119. The summed E-state index contributed by atoms with van der Waals surface area (Å²) in [6, 6.07) is 15.0. The van der Waals surface area contributed by atoms with Gasteiger partial charge in [-0.15, -0.1) is 0 Å². The number of nitrogens with one attached hydrogen (secondary N) is 2. The van der Waals surface area contributed by atoms with Crippen molar-refractivity contribution in [2.24, 2.45) is 0 Å². The van der Waals surface area contributed by atoms with Crippen molar-refractivity contribution in [3.63, 3.8) is 0 Å². The van der Waals surface area contributed by atoms with Crippen molar-refractivity contribution >= 4 is 23.3 Å². The average Bonchev–Trinajstić information content (AvgIpc) is 2.62. The van der Waals surface area contributed by atoms with Crippen LogP contribution in [0.1, 0.15) is 18.1 Å². The highest BCUT2D eigenvalue weighted by molar-refractivity contribution is 5.94. The largest absolute Gasteiger partial charge is 0.375 e. The molecule has 2 rings (SSSR count). The van der Waals surface area contributed by atoms with Gasteiger partial charge in [0.05, 0.1) is 0 Å². The highest BCUT2D eigenvalue weighted by Gasteiger charge is 2.10. The second-order valence-corrected chi connectivity index (χ2v) is 6.02. The quantitative estimate of drug-likeness (QED) is 0.798. The Balaban J connectivity index is 1.94. The van der Waals surface area contributed by atoms with Crippen LogP contribution in [0, 0.1) is 0 Å². The number of rotatable bonds is 7. The Bertz CT molecular complexity index is 744. The molecule has 3 amide bonds. The molecule has 0 spiro atoms. The summed E-state index contributed by atoms with van der Waals surface area (Å²) in [4.78, 5) is 25.6. The molecule has 2 aromatic rings. The molecule has 0 fully saturated rings. The van der Waals surface area contributed by atoms with Gasteiger partial charge in [0.2, 0.25) is 5.91 Å². The molecule has 0 atom stereocenters. The molecule has 0 saturated carbocycles. The molecule has 26 heavy (non-hydrogen) atoms. The van der Waals surface area contributed by atoms with Gasteiger partial charge in [-0.2, -0.15) is 0 Å². The van der Waals surface area contributed by atoms with Crippen molar-refractivity contribution in [1.82, 2.24) is 4.90 Å². The monoisotopic (exact) mass is 355 g/mol. The number of carbonyl (C=O) groups excluding carboxylic acids is 2. The number of hydrogen-bond donors (Lipinski definition) is 2. The molecule has 0 aliphatic carbocycles. The Morgan fingerprint density at radius 2 is 1.62 bits per heavy atom. The molecule has 0 aliphatic heterocycles. The summed E-state index contributed by atoms with van der Waals surface area (Å²) < 4.78 is 4.78. The first-order valence-corrected chi connectivity index (χ1v) is 8.50. The number of hydrogen-bond acceptors (Lipinski definition) is 3. The summed E-state index contributed by atoms with van der Waals surface area (Å²) in [5, 5.41) is 5.54.